The first-order valence-electron chi connectivity index (χ1n) is 9.75. The third kappa shape index (κ3) is 3.96. The van der Waals surface area contributed by atoms with Crippen molar-refractivity contribution in [2.45, 2.75) is 38.3 Å². The number of hydrogen-bond acceptors (Lipinski definition) is 3. The molecule has 1 aromatic heterocycles. The standard InChI is InChI=1S/C22H27N3O/c26-22(15-18-7-2-1-3-8-18)25-14-11-21-19(16-25)9-6-13-24(21)17-20-10-4-5-12-23-20/h1-5,7-8,10,12,19,21H,6,9,11,13-17H2/t19-,21+/m1/s1. The van der Waals surface area contributed by atoms with E-state index < -0.39 is 0 Å². The Morgan fingerprint density at radius 3 is 2.69 bits per heavy atom. The van der Waals surface area contributed by atoms with Crippen LogP contribution in [0.3, 0.4) is 0 Å². The predicted octanol–water partition coefficient (Wildman–Crippen LogP) is 3.14. The van der Waals surface area contributed by atoms with Crippen LogP contribution >= 0.6 is 0 Å². The van der Waals surface area contributed by atoms with Crippen LogP contribution in [-0.2, 0) is 17.8 Å². The third-order valence-corrected chi connectivity index (χ3v) is 5.83. The summed E-state index contributed by atoms with van der Waals surface area (Å²) in [6.07, 6.45) is 5.93. The Kier molecular flexibility index (Phi) is 5.30. The van der Waals surface area contributed by atoms with E-state index in [0.29, 0.717) is 18.4 Å². The van der Waals surface area contributed by atoms with Crippen LogP contribution in [0.1, 0.15) is 30.5 Å². The number of benzene rings is 1. The fourth-order valence-electron chi connectivity index (χ4n) is 4.51. The summed E-state index contributed by atoms with van der Waals surface area (Å²) < 4.78 is 0. The van der Waals surface area contributed by atoms with E-state index in [9.17, 15) is 4.79 Å². The lowest BCUT2D eigenvalue weighted by Crippen LogP contribution is -2.55. The Labute approximate surface area is 155 Å². The first kappa shape index (κ1) is 17.2. The Balaban J connectivity index is 1.37. The molecule has 4 heteroatoms. The number of likely N-dealkylation sites (tertiary alicyclic amines) is 2. The smallest absolute Gasteiger partial charge is 0.227 e. The van der Waals surface area contributed by atoms with Crippen molar-refractivity contribution < 1.29 is 4.79 Å². The van der Waals surface area contributed by atoms with Gasteiger partial charge in [0, 0.05) is 31.9 Å². The Bertz CT molecular complexity index is 719. The largest absolute Gasteiger partial charge is 0.342 e. The zero-order valence-corrected chi connectivity index (χ0v) is 15.3. The van der Waals surface area contributed by atoms with Crippen LogP contribution in [-0.4, -0.2) is 46.4 Å². The van der Waals surface area contributed by atoms with E-state index in [2.05, 4.69) is 26.9 Å². The molecule has 3 heterocycles. The third-order valence-electron chi connectivity index (χ3n) is 5.83. The molecule has 0 N–H and O–H groups in total. The van der Waals surface area contributed by atoms with Crippen LogP contribution in [0.25, 0.3) is 0 Å². The van der Waals surface area contributed by atoms with E-state index in [1.807, 2.05) is 42.6 Å². The summed E-state index contributed by atoms with van der Waals surface area (Å²) in [6, 6.07) is 16.8. The second-order valence-corrected chi connectivity index (χ2v) is 7.55. The number of hydrogen-bond donors (Lipinski definition) is 0. The number of carbonyl (C=O) groups is 1. The highest BCUT2D eigenvalue weighted by Gasteiger charge is 2.37. The molecule has 2 aromatic rings. The van der Waals surface area contributed by atoms with Gasteiger partial charge < -0.3 is 4.90 Å². The molecule has 136 valence electrons. The Hall–Kier alpha value is -2.20. The predicted molar refractivity (Wildman–Crippen MR) is 103 cm³/mol. The molecule has 2 fully saturated rings. The molecule has 0 radical (unpaired) electrons. The average molecular weight is 349 g/mol. The average Bonchev–Trinajstić information content (AvgIpc) is 2.69. The monoisotopic (exact) mass is 349 g/mol. The highest BCUT2D eigenvalue weighted by Crippen LogP contribution is 2.31. The van der Waals surface area contributed by atoms with Gasteiger partial charge in [0.1, 0.15) is 0 Å². The number of aromatic nitrogens is 1. The minimum Gasteiger partial charge on any atom is -0.342 e. The van der Waals surface area contributed by atoms with E-state index in [-0.39, 0.29) is 5.91 Å². The first-order valence-corrected chi connectivity index (χ1v) is 9.75. The summed E-state index contributed by atoms with van der Waals surface area (Å²) in [7, 11) is 0. The number of pyridine rings is 1. The second-order valence-electron chi connectivity index (χ2n) is 7.55. The number of amides is 1. The lowest BCUT2D eigenvalue weighted by Gasteiger charge is -2.47. The topological polar surface area (TPSA) is 36.4 Å². The molecule has 2 aliphatic rings. The van der Waals surface area contributed by atoms with Gasteiger partial charge in [-0.3, -0.25) is 14.7 Å². The van der Waals surface area contributed by atoms with E-state index >= 15 is 0 Å². The van der Waals surface area contributed by atoms with E-state index in [1.165, 1.54) is 12.8 Å². The second kappa shape index (κ2) is 8.00. The summed E-state index contributed by atoms with van der Waals surface area (Å²) in [5.74, 6) is 0.873. The van der Waals surface area contributed by atoms with Gasteiger partial charge >= 0.3 is 0 Å². The van der Waals surface area contributed by atoms with Gasteiger partial charge in [-0.2, -0.15) is 0 Å². The van der Waals surface area contributed by atoms with Crippen LogP contribution in [0.4, 0.5) is 0 Å². The summed E-state index contributed by atoms with van der Waals surface area (Å²) in [6.45, 7) is 3.87. The van der Waals surface area contributed by atoms with Gasteiger partial charge in [-0.1, -0.05) is 36.4 Å². The maximum atomic E-state index is 12.7. The van der Waals surface area contributed by atoms with Gasteiger partial charge in [0.2, 0.25) is 5.91 Å². The van der Waals surface area contributed by atoms with Crippen molar-refractivity contribution in [1.82, 2.24) is 14.8 Å². The first-order chi connectivity index (χ1) is 12.8. The zero-order chi connectivity index (χ0) is 17.8. The molecule has 2 aliphatic heterocycles. The fraction of sp³-hybridized carbons (Fsp3) is 0.455. The Morgan fingerprint density at radius 1 is 1.04 bits per heavy atom. The van der Waals surface area contributed by atoms with Crippen molar-refractivity contribution in [1.29, 1.82) is 0 Å². The number of carbonyl (C=O) groups excluding carboxylic acids is 1. The van der Waals surface area contributed by atoms with Crippen molar-refractivity contribution in [2.75, 3.05) is 19.6 Å². The SMILES string of the molecule is O=C(Cc1ccccc1)N1CC[C@H]2[C@H](CCCN2Cc2ccccn2)C1. The lowest BCUT2D eigenvalue weighted by molar-refractivity contribution is -0.134. The summed E-state index contributed by atoms with van der Waals surface area (Å²) in [5, 5.41) is 0. The molecular formula is C22H27N3O. The number of fused-ring (bicyclic) bond motifs is 1. The molecule has 0 saturated carbocycles. The summed E-state index contributed by atoms with van der Waals surface area (Å²) in [4.78, 5) is 21.9. The fourth-order valence-corrected chi connectivity index (χ4v) is 4.51. The van der Waals surface area contributed by atoms with E-state index in [4.69, 9.17) is 0 Å². The minimum atomic E-state index is 0.275. The normalized spacial score (nSPS) is 23.5. The molecule has 26 heavy (non-hydrogen) atoms. The molecule has 0 bridgehead atoms. The number of piperidine rings is 2. The van der Waals surface area contributed by atoms with Crippen molar-refractivity contribution >= 4 is 5.91 Å². The van der Waals surface area contributed by atoms with Crippen LogP contribution < -0.4 is 0 Å². The highest BCUT2D eigenvalue weighted by molar-refractivity contribution is 5.78. The lowest BCUT2D eigenvalue weighted by atomic mass is 9.83. The Morgan fingerprint density at radius 2 is 1.88 bits per heavy atom. The maximum absolute atomic E-state index is 12.7. The van der Waals surface area contributed by atoms with Gasteiger partial charge in [-0.25, -0.2) is 0 Å². The summed E-state index contributed by atoms with van der Waals surface area (Å²) in [5.41, 5.74) is 2.26. The molecular weight excluding hydrogens is 322 g/mol. The molecule has 4 nitrogen and oxygen atoms in total. The van der Waals surface area contributed by atoms with Crippen LogP contribution in [0.5, 0.6) is 0 Å². The maximum Gasteiger partial charge on any atom is 0.227 e. The number of nitrogens with zero attached hydrogens (tertiary/aromatic N) is 3. The van der Waals surface area contributed by atoms with Crippen molar-refractivity contribution in [3.05, 3.63) is 66.0 Å². The van der Waals surface area contributed by atoms with Gasteiger partial charge in [0.25, 0.3) is 0 Å². The van der Waals surface area contributed by atoms with Crippen molar-refractivity contribution in [3.63, 3.8) is 0 Å². The van der Waals surface area contributed by atoms with Crippen molar-refractivity contribution in [3.8, 4) is 0 Å². The molecule has 0 spiro atoms. The van der Waals surface area contributed by atoms with Gasteiger partial charge in [0.05, 0.1) is 12.1 Å². The minimum absolute atomic E-state index is 0.275. The molecule has 1 aromatic carbocycles. The number of rotatable bonds is 4. The molecule has 2 saturated heterocycles. The van der Waals surface area contributed by atoms with Crippen LogP contribution in [0.15, 0.2) is 54.7 Å². The zero-order valence-electron chi connectivity index (χ0n) is 15.3. The van der Waals surface area contributed by atoms with Gasteiger partial charge in [-0.15, -0.1) is 0 Å². The van der Waals surface area contributed by atoms with E-state index in [1.54, 1.807) is 0 Å². The molecule has 2 atom stereocenters. The highest BCUT2D eigenvalue weighted by atomic mass is 16.2. The molecule has 0 unspecified atom stereocenters. The van der Waals surface area contributed by atoms with Gasteiger partial charge in [-0.05, 0) is 49.4 Å². The van der Waals surface area contributed by atoms with Crippen LogP contribution in [0, 0.1) is 5.92 Å². The van der Waals surface area contributed by atoms with Crippen molar-refractivity contribution in [2.24, 2.45) is 5.92 Å². The molecule has 0 aliphatic carbocycles. The van der Waals surface area contributed by atoms with E-state index in [0.717, 1.165) is 43.9 Å². The quantitative estimate of drug-likeness (QED) is 0.851. The summed E-state index contributed by atoms with van der Waals surface area (Å²) >= 11 is 0. The van der Waals surface area contributed by atoms with Gasteiger partial charge in [0.15, 0.2) is 0 Å². The van der Waals surface area contributed by atoms with Crippen LogP contribution in [0.2, 0.25) is 0 Å². The molecule has 4 rings (SSSR count). The molecule has 1 amide bonds.